The van der Waals surface area contributed by atoms with Gasteiger partial charge < -0.3 is 9.80 Å². The van der Waals surface area contributed by atoms with Gasteiger partial charge in [-0.25, -0.2) is 0 Å². The van der Waals surface area contributed by atoms with Crippen LogP contribution in [0.3, 0.4) is 0 Å². The van der Waals surface area contributed by atoms with Gasteiger partial charge in [0.15, 0.2) is 5.60 Å². The highest BCUT2D eigenvalue weighted by Crippen LogP contribution is 2.46. The summed E-state index contributed by atoms with van der Waals surface area (Å²) in [4.78, 5) is 17.1. The molecule has 1 amide bonds. The number of amides is 1. The van der Waals surface area contributed by atoms with E-state index in [0.717, 1.165) is 17.9 Å². The third kappa shape index (κ3) is 2.69. The van der Waals surface area contributed by atoms with Crippen molar-refractivity contribution < 1.29 is 17.4 Å². The summed E-state index contributed by atoms with van der Waals surface area (Å²) >= 11 is 0. The molecule has 0 atom stereocenters. The summed E-state index contributed by atoms with van der Waals surface area (Å²) in [5, 5.41) is 0. The second kappa shape index (κ2) is 5.46. The molecule has 0 unspecified atom stereocenters. The second-order valence-corrected chi connectivity index (χ2v) is 8.65. The average Bonchev–Trinajstić information content (AvgIpc) is 3.48. The number of hydrogen-bond acceptors (Lipinski definition) is 5. The van der Waals surface area contributed by atoms with Gasteiger partial charge >= 0.3 is 0 Å². The number of nitrogens with zero attached hydrogens (tertiary/aromatic N) is 2. The van der Waals surface area contributed by atoms with Crippen molar-refractivity contribution in [3.05, 3.63) is 24.3 Å². The molecule has 0 aromatic heterocycles. The Bertz CT molecular complexity index is 769. The quantitative estimate of drug-likeness (QED) is 0.759. The number of rotatable bonds is 5. The lowest BCUT2D eigenvalue weighted by atomic mass is 10.1. The molecular weight excluding hydrogens is 328 g/mol. The van der Waals surface area contributed by atoms with Crippen LogP contribution in [0.4, 0.5) is 11.4 Å². The third-order valence-electron chi connectivity index (χ3n) is 5.01. The Morgan fingerprint density at radius 2 is 1.88 bits per heavy atom. The van der Waals surface area contributed by atoms with Crippen molar-refractivity contribution in [3.8, 4) is 0 Å². The predicted molar refractivity (Wildman–Crippen MR) is 91.7 cm³/mol. The maximum Gasteiger partial charge on any atom is 0.268 e. The summed E-state index contributed by atoms with van der Waals surface area (Å²) < 4.78 is 28.9. The van der Waals surface area contributed by atoms with Gasteiger partial charge in [-0.3, -0.25) is 8.98 Å². The van der Waals surface area contributed by atoms with E-state index in [-0.39, 0.29) is 11.7 Å². The van der Waals surface area contributed by atoms with E-state index in [2.05, 4.69) is 4.90 Å². The number of carbonyl (C=O) groups is 1. The fourth-order valence-corrected chi connectivity index (χ4v) is 4.20. The van der Waals surface area contributed by atoms with E-state index >= 15 is 0 Å². The van der Waals surface area contributed by atoms with Crippen molar-refractivity contribution in [2.45, 2.75) is 44.2 Å². The first-order valence-electron chi connectivity index (χ1n) is 8.57. The summed E-state index contributed by atoms with van der Waals surface area (Å²) in [5.41, 5.74) is 0.752. The molecule has 0 spiro atoms. The van der Waals surface area contributed by atoms with Crippen LogP contribution >= 0.6 is 0 Å². The Labute approximate surface area is 142 Å². The molecule has 4 rings (SSSR count). The number of fused-ring (bicyclic) bond motifs is 1. The molecule has 7 heteroatoms. The molecule has 3 aliphatic rings. The van der Waals surface area contributed by atoms with Crippen LogP contribution in [-0.2, 0) is 19.1 Å². The largest absolute Gasteiger partial charge is 0.365 e. The van der Waals surface area contributed by atoms with Crippen LogP contribution in [-0.4, -0.2) is 44.8 Å². The molecule has 2 aliphatic carbocycles. The topological polar surface area (TPSA) is 66.9 Å². The van der Waals surface area contributed by atoms with Crippen molar-refractivity contribution in [1.82, 2.24) is 0 Å². The van der Waals surface area contributed by atoms with E-state index in [4.69, 9.17) is 4.18 Å². The Morgan fingerprint density at radius 3 is 2.46 bits per heavy atom. The minimum absolute atomic E-state index is 0.117. The summed E-state index contributed by atoms with van der Waals surface area (Å²) in [6.45, 7) is 2.88. The van der Waals surface area contributed by atoms with Crippen LogP contribution in [0, 0.1) is 0 Å². The zero-order valence-electron chi connectivity index (χ0n) is 13.8. The molecule has 130 valence electrons. The first-order valence-corrected chi connectivity index (χ1v) is 10.1. The molecule has 1 aromatic carbocycles. The van der Waals surface area contributed by atoms with Crippen LogP contribution in [0.25, 0.3) is 0 Å². The third-order valence-corrected chi connectivity index (χ3v) is 6.29. The molecule has 0 N–H and O–H groups in total. The lowest BCUT2D eigenvalue weighted by Gasteiger charge is -2.39. The zero-order chi connectivity index (χ0) is 16.9. The summed E-state index contributed by atoms with van der Waals surface area (Å²) in [5.74, 6) is -0.337. The molecule has 1 heterocycles. The molecule has 24 heavy (non-hydrogen) atoms. The number of carbonyl (C=O) groups excluding carboxylic acids is 1. The van der Waals surface area contributed by atoms with Crippen LogP contribution in [0.2, 0.25) is 0 Å². The average molecular weight is 350 g/mol. The maximum absolute atomic E-state index is 13.0. The second-order valence-electron chi connectivity index (χ2n) is 6.79. The Morgan fingerprint density at radius 1 is 1.21 bits per heavy atom. The van der Waals surface area contributed by atoms with E-state index in [1.807, 2.05) is 24.3 Å². The monoisotopic (exact) mass is 350 g/mol. The zero-order valence-corrected chi connectivity index (χ0v) is 14.6. The number of para-hydroxylation sites is 2. The Hall–Kier alpha value is -1.60. The van der Waals surface area contributed by atoms with Crippen molar-refractivity contribution in [2.24, 2.45) is 0 Å². The van der Waals surface area contributed by atoms with E-state index < -0.39 is 15.7 Å². The van der Waals surface area contributed by atoms with E-state index in [1.165, 1.54) is 19.8 Å². The SMILES string of the molecule is CCS(=O)(=O)OC1(C(=O)N2CCN(C3CC3)c3ccccc32)CC1. The van der Waals surface area contributed by atoms with Gasteiger partial charge in [-0.1, -0.05) is 12.1 Å². The first-order chi connectivity index (χ1) is 11.5. The molecule has 1 aliphatic heterocycles. The highest BCUT2D eigenvalue weighted by atomic mass is 32.2. The van der Waals surface area contributed by atoms with Gasteiger partial charge in [0.1, 0.15) is 0 Å². The van der Waals surface area contributed by atoms with Crippen LogP contribution in [0.1, 0.15) is 32.6 Å². The van der Waals surface area contributed by atoms with Crippen molar-refractivity contribution in [1.29, 1.82) is 0 Å². The highest BCUT2D eigenvalue weighted by Gasteiger charge is 2.57. The van der Waals surface area contributed by atoms with Gasteiger partial charge in [0, 0.05) is 19.1 Å². The summed E-state index contributed by atoms with van der Waals surface area (Å²) in [7, 11) is -3.65. The molecule has 0 saturated heterocycles. The molecule has 6 nitrogen and oxygen atoms in total. The van der Waals surface area contributed by atoms with E-state index in [0.29, 0.717) is 25.4 Å². The van der Waals surface area contributed by atoms with Crippen molar-refractivity contribution in [2.75, 3.05) is 28.6 Å². The lowest BCUT2D eigenvalue weighted by Crippen LogP contribution is -2.50. The van der Waals surface area contributed by atoms with Crippen molar-refractivity contribution >= 4 is 27.4 Å². The standard InChI is InChI=1S/C17H22N2O4S/c1-2-24(21,22)23-17(9-10-17)16(20)19-12-11-18(13-7-8-13)14-5-3-4-6-15(14)19/h3-6,13H,2,7-12H2,1H3. The minimum Gasteiger partial charge on any atom is -0.365 e. The summed E-state index contributed by atoms with van der Waals surface area (Å²) in [6, 6.07) is 8.45. The number of anilines is 2. The molecule has 1 aromatic rings. The molecular formula is C17H22N2O4S. The predicted octanol–water partition coefficient (Wildman–Crippen LogP) is 1.90. The van der Waals surface area contributed by atoms with Gasteiger partial charge in [0.05, 0.1) is 17.1 Å². The Balaban J connectivity index is 1.62. The smallest absolute Gasteiger partial charge is 0.268 e. The van der Waals surface area contributed by atoms with E-state index in [9.17, 15) is 13.2 Å². The first kappa shape index (κ1) is 15.9. The van der Waals surface area contributed by atoms with Crippen LogP contribution in [0.15, 0.2) is 24.3 Å². The van der Waals surface area contributed by atoms with Crippen molar-refractivity contribution in [3.63, 3.8) is 0 Å². The van der Waals surface area contributed by atoms with E-state index in [1.54, 1.807) is 4.90 Å². The van der Waals surface area contributed by atoms with Crippen LogP contribution < -0.4 is 9.80 Å². The number of hydrogen-bond donors (Lipinski definition) is 0. The van der Waals surface area contributed by atoms with Gasteiger partial charge in [-0.15, -0.1) is 0 Å². The lowest BCUT2D eigenvalue weighted by molar-refractivity contribution is -0.127. The normalized spacial score (nSPS) is 22.2. The minimum atomic E-state index is -3.65. The fourth-order valence-electron chi connectivity index (χ4n) is 3.35. The highest BCUT2D eigenvalue weighted by molar-refractivity contribution is 7.86. The molecule has 2 saturated carbocycles. The summed E-state index contributed by atoms with van der Waals surface area (Å²) in [6.07, 6.45) is 3.33. The number of benzene rings is 1. The van der Waals surface area contributed by atoms with Gasteiger partial charge in [-0.2, -0.15) is 8.42 Å². The fraction of sp³-hybridized carbons (Fsp3) is 0.588. The maximum atomic E-state index is 13.0. The molecule has 0 bridgehead atoms. The molecule has 0 radical (unpaired) electrons. The van der Waals surface area contributed by atoms with Gasteiger partial charge in [0.2, 0.25) is 0 Å². The van der Waals surface area contributed by atoms with Crippen LogP contribution in [0.5, 0.6) is 0 Å². The van der Waals surface area contributed by atoms with Gasteiger partial charge in [-0.05, 0) is 44.7 Å². The van der Waals surface area contributed by atoms with Gasteiger partial charge in [0.25, 0.3) is 16.0 Å². The molecule has 2 fully saturated rings. The Kier molecular flexibility index (Phi) is 3.61.